The second kappa shape index (κ2) is 5.82. The van der Waals surface area contributed by atoms with Gasteiger partial charge in [0.15, 0.2) is 17.2 Å². The van der Waals surface area contributed by atoms with E-state index in [0.717, 1.165) is 11.3 Å². The highest BCUT2D eigenvalue weighted by Gasteiger charge is 2.12. The Bertz CT molecular complexity index is 1080. The average molecular weight is 334 g/mol. The summed E-state index contributed by atoms with van der Waals surface area (Å²) in [5.41, 5.74) is 3.19. The van der Waals surface area contributed by atoms with Crippen molar-refractivity contribution in [1.29, 1.82) is 0 Å². The van der Waals surface area contributed by atoms with E-state index in [2.05, 4.69) is 25.8 Å². The largest absolute Gasteiger partial charge is 0.361 e. The number of carbonyl (C=O) groups is 1. The van der Waals surface area contributed by atoms with Crippen molar-refractivity contribution in [3.05, 3.63) is 59.7 Å². The molecular weight excluding hydrogens is 320 g/mol. The minimum atomic E-state index is -0.327. The lowest BCUT2D eigenvalue weighted by molar-refractivity contribution is 0.101. The van der Waals surface area contributed by atoms with Crippen LogP contribution in [0.4, 0.5) is 5.69 Å². The van der Waals surface area contributed by atoms with Crippen LogP contribution in [0.3, 0.4) is 0 Å². The van der Waals surface area contributed by atoms with Crippen molar-refractivity contribution in [1.82, 2.24) is 25.0 Å². The quantitative estimate of drug-likeness (QED) is 0.618. The molecule has 1 N–H and O–H groups in total. The number of nitrogens with one attached hydrogen (secondary N) is 1. The number of benzene rings is 1. The smallest absolute Gasteiger partial charge is 0.277 e. The standard InChI is InChI=1S/C17H14N6O2/c1-10-8-15(22-25-10)17(24)18-13-5-3-4-12(9-13)14-6-7-16-20-19-11(2)23(16)21-14/h3-9H,1-2H3,(H,18,24). The number of hydrogen-bond donors (Lipinski definition) is 1. The molecule has 3 heterocycles. The van der Waals surface area contributed by atoms with Crippen molar-refractivity contribution in [3.8, 4) is 11.3 Å². The molecule has 1 aromatic carbocycles. The highest BCUT2D eigenvalue weighted by Crippen LogP contribution is 2.21. The molecule has 0 spiro atoms. The maximum Gasteiger partial charge on any atom is 0.277 e. The van der Waals surface area contributed by atoms with Gasteiger partial charge in [0.2, 0.25) is 0 Å². The third-order valence-electron chi connectivity index (χ3n) is 3.70. The normalized spacial score (nSPS) is 11.0. The lowest BCUT2D eigenvalue weighted by atomic mass is 10.1. The number of amides is 1. The van der Waals surface area contributed by atoms with Crippen molar-refractivity contribution in [2.75, 3.05) is 5.32 Å². The fraction of sp³-hybridized carbons (Fsp3) is 0.118. The lowest BCUT2D eigenvalue weighted by Gasteiger charge is -2.06. The van der Waals surface area contributed by atoms with Crippen LogP contribution in [0.5, 0.6) is 0 Å². The second-order valence-corrected chi connectivity index (χ2v) is 5.59. The zero-order chi connectivity index (χ0) is 17.4. The van der Waals surface area contributed by atoms with Crippen LogP contribution in [0.2, 0.25) is 0 Å². The minimum Gasteiger partial charge on any atom is -0.361 e. The van der Waals surface area contributed by atoms with Crippen LogP contribution in [0.1, 0.15) is 22.1 Å². The highest BCUT2D eigenvalue weighted by atomic mass is 16.5. The number of fused-ring (bicyclic) bond motifs is 1. The second-order valence-electron chi connectivity index (χ2n) is 5.59. The van der Waals surface area contributed by atoms with Crippen molar-refractivity contribution in [2.24, 2.45) is 0 Å². The summed E-state index contributed by atoms with van der Waals surface area (Å²) in [7, 11) is 0. The monoisotopic (exact) mass is 334 g/mol. The molecule has 3 aromatic heterocycles. The fourth-order valence-electron chi connectivity index (χ4n) is 2.47. The maximum atomic E-state index is 12.2. The van der Waals surface area contributed by atoms with Gasteiger partial charge in [0.25, 0.3) is 5.91 Å². The van der Waals surface area contributed by atoms with Crippen molar-refractivity contribution < 1.29 is 9.32 Å². The first-order chi connectivity index (χ1) is 12.1. The van der Waals surface area contributed by atoms with Crippen LogP contribution in [0.25, 0.3) is 16.9 Å². The first-order valence-corrected chi connectivity index (χ1v) is 7.64. The number of aromatic nitrogens is 5. The molecule has 0 atom stereocenters. The number of hydrogen-bond acceptors (Lipinski definition) is 6. The maximum absolute atomic E-state index is 12.2. The number of nitrogens with zero attached hydrogens (tertiary/aromatic N) is 5. The van der Waals surface area contributed by atoms with E-state index in [4.69, 9.17) is 4.52 Å². The molecule has 4 aromatic rings. The Morgan fingerprint density at radius 1 is 1.12 bits per heavy atom. The minimum absolute atomic E-state index is 0.238. The summed E-state index contributed by atoms with van der Waals surface area (Å²) in [5, 5.41) is 19.1. The average Bonchev–Trinajstić information content (AvgIpc) is 3.21. The SMILES string of the molecule is Cc1cc(C(=O)Nc2cccc(-c3ccc4nnc(C)n4n3)c2)no1. The van der Waals surface area contributed by atoms with Crippen LogP contribution >= 0.6 is 0 Å². The molecular formula is C17H14N6O2. The van der Waals surface area contributed by atoms with Gasteiger partial charge < -0.3 is 9.84 Å². The lowest BCUT2D eigenvalue weighted by Crippen LogP contribution is -2.12. The van der Waals surface area contributed by atoms with Gasteiger partial charge in [-0.3, -0.25) is 4.79 Å². The van der Waals surface area contributed by atoms with Crippen LogP contribution in [0, 0.1) is 13.8 Å². The summed E-state index contributed by atoms with van der Waals surface area (Å²) in [4.78, 5) is 12.2. The van der Waals surface area contributed by atoms with Gasteiger partial charge in [-0.15, -0.1) is 10.2 Å². The van der Waals surface area contributed by atoms with Gasteiger partial charge >= 0.3 is 0 Å². The third kappa shape index (κ3) is 2.85. The van der Waals surface area contributed by atoms with Crippen LogP contribution in [-0.2, 0) is 0 Å². The molecule has 25 heavy (non-hydrogen) atoms. The summed E-state index contributed by atoms with van der Waals surface area (Å²) >= 11 is 0. The Morgan fingerprint density at radius 3 is 2.80 bits per heavy atom. The van der Waals surface area contributed by atoms with E-state index in [-0.39, 0.29) is 11.6 Å². The summed E-state index contributed by atoms with van der Waals surface area (Å²) in [6.07, 6.45) is 0. The van der Waals surface area contributed by atoms with Gasteiger partial charge in [0.05, 0.1) is 5.69 Å². The highest BCUT2D eigenvalue weighted by molar-refractivity contribution is 6.03. The van der Waals surface area contributed by atoms with Gasteiger partial charge in [0.1, 0.15) is 5.76 Å². The van der Waals surface area contributed by atoms with E-state index < -0.39 is 0 Å². The molecule has 0 saturated heterocycles. The molecule has 0 fully saturated rings. The van der Waals surface area contributed by atoms with E-state index in [9.17, 15) is 4.79 Å². The summed E-state index contributed by atoms with van der Waals surface area (Å²) < 4.78 is 6.60. The molecule has 1 amide bonds. The zero-order valence-corrected chi connectivity index (χ0v) is 13.6. The van der Waals surface area contributed by atoms with E-state index in [1.165, 1.54) is 0 Å². The summed E-state index contributed by atoms with van der Waals surface area (Å²) in [5.74, 6) is 0.968. The van der Waals surface area contributed by atoms with Gasteiger partial charge in [-0.2, -0.15) is 9.61 Å². The van der Waals surface area contributed by atoms with Gasteiger partial charge in [-0.1, -0.05) is 17.3 Å². The fourth-order valence-corrected chi connectivity index (χ4v) is 2.47. The topological polar surface area (TPSA) is 98.2 Å². The molecule has 0 aliphatic carbocycles. The Balaban J connectivity index is 1.64. The summed E-state index contributed by atoms with van der Waals surface area (Å²) in [6, 6.07) is 12.7. The molecule has 0 unspecified atom stereocenters. The van der Waals surface area contributed by atoms with Crippen molar-refractivity contribution in [3.63, 3.8) is 0 Å². The van der Waals surface area contributed by atoms with E-state index in [0.29, 0.717) is 22.9 Å². The van der Waals surface area contributed by atoms with Crippen molar-refractivity contribution >= 4 is 17.2 Å². The van der Waals surface area contributed by atoms with Crippen molar-refractivity contribution in [2.45, 2.75) is 13.8 Å². The molecule has 0 aliphatic heterocycles. The molecule has 4 rings (SSSR count). The Labute approximate surface area is 142 Å². The van der Waals surface area contributed by atoms with Gasteiger partial charge in [-0.25, -0.2) is 0 Å². The van der Waals surface area contributed by atoms with E-state index >= 15 is 0 Å². The molecule has 0 radical (unpaired) electrons. The third-order valence-corrected chi connectivity index (χ3v) is 3.70. The number of carbonyl (C=O) groups excluding carboxylic acids is 1. The number of anilines is 1. The molecule has 8 nitrogen and oxygen atoms in total. The van der Waals surface area contributed by atoms with Crippen LogP contribution in [0.15, 0.2) is 47.0 Å². The first kappa shape index (κ1) is 15.0. The Kier molecular flexibility index (Phi) is 3.50. The molecule has 0 aliphatic rings. The molecule has 124 valence electrons. The van der Waals surface area contributed by atoms with Crippen LogP contribution < -0.4 is 5.32 Å². The van der Waals surface area contributed by atoms with Gasteiger partial charge in [-0.05, 0) is 38.1 Å². The number of rotatable bonds is 3. The first-order valence-electron chi connectivity index (χ1n) is 7.64. The predicted octanol–water partition coefficient (Wildman–Crippen LogP) is 2.65. The molecule has 0 saturated carbocycles. The Morgan fingerprint density at radius 2 is 2.00 bits per heavy atom. The van der Waals surface area contributed by atoms with E-state index in [1.807, 2.05) is 37.3 Å². The summed E-state index contributed by atoms with van der Waals surface area (Å²) in [6.45, 7) is 3.58. The molecule has 8 heteroatoms. The molecule has 0 bridgehead atoms. The Hall–Kier alpha value is -3.55. The van der Waals surface area contributed by atoms with Gasteiger partial charge in [0, 0.05) is 17.3 Å². The number of aryl methyl sites for hydroxylation is 2. The predicted molar refractivity (Wildman–Crippen MR) is 90.1 cm³/mol. The zero-order valence-electron chi connectivity index (χ0n) is 13.6. The van der Waals surface area contributed by atoms with E-state index in [1.54, 1.807) is 23.6 Å². The van der Waals surface area contributed by atoms with Crippen LogP contribution in [-0.4, -0.2) is 30.9 Å².